The van der Waals surface area contributed by atoms with Crippen molar-refractivity contribution in [2.75, 3.05) is 5.32 Å². The lowest BCUT2D eigenvalue weighted by Crippen LogP contribution is -2.07. The molecule has 0 amide bonds. The van der Waals surface area contributed by atoms with Crippen molar-refractivity contribution in [3.05, 3.63) is 88.6 Å². The number of pyridine rings is 1. The number of aromatic hydroxyl groups is 1. The molecule has 1 aliphatic rings. The lowest BCUT2D eigenvalue weighted by molar-refractivity contribution is 0.0968. The Hall–Kier alpha value is -3.67. The van der Waals surface area contributed by atoms with Gasteiger partial charge < -0.3 is 16.2 Å². The summed E-state index contributed by atoms with van der Waals surface area (Å²) in [5, 5.41) is 14.9. The van der Waals surface area contributed by atoms with Gasteiger partial charge in [0.15, 0.2) is 5.78 Å². The first-order valence-electron chi connectivity index (χ1n) is 11.7. The van der Waals surface area contributed by atoms with E-state index in [2.05, 4.69) is 10.3 Å². The molecule has 4 N–H and O–H groups in total. The van der Waals surface area contributed by atoms with Crippen LogP contribution in [0.4, 0.5) is 11.4 Å². The van der Waals surface area contributed by atoms with Crippen LogP contribution in [0.25, 0.3) is 28.1 Å². The minimum absolute atomic E-state index is 0.0524. The van der Waals surface area contributed by atoms with Crippen molar-refractivity contribution in [1.82, 2.24) is 4.98 Å². The maximum atomic E-state index is 13.2. The van der Waals surface area contributed by atoms with Crippen molar-refractivity contribution in [3.8, 4) is 16.9 Å². The van der Waals surface area contributed by atoms with Crippen molar-refractivity contribution < 1.29 is 9.90 Å². The Labute approximate surface area is 209 Å². The first kappa shape index (κ1) is 23.1. The average molecular weight is 484 g/mol. The molecular weight excluding hydrogens is 458 g/mol. The van der Waals surface area contributed by atoms with Crippen LogP contribution in [0.3, 0.4) is 0 Å². The Morgan fingerprint density at radius 1 is 1.14 bits per heavy atom. The summed E-state index contributed by atoms with van der Waals surface area (Å²) in [5.41, 5.74) is 12.2. The van der Waals surface area contributed by atoms with Gasteiger partial charge in [0.1, 0.15) is 5.75 Å². The van der Waals surface area contributed by atoms with E-state index in [0.29, 0.717) is 17.7 Å². The molecule has 1 fully saturated rings. The minimum atomic E-state index is 0.0524. The van der Waals surface area contributed by atoms with E-state index < -0.39 is 0 Å². The number of halogens is 1. The molecule has 0 radical (unpaired) electrons. The number of nitrogens with zero attached hydrogens (tertiary/aromatic N) is 1. The fourth-order valence-electron chi connectivity index (χ4n) is 4.22. The summed E-state index contributed by atoms with van der Waals surface area (Å²) in [5.74, 6) is 0.238. The van der Waals surface area contributed by atoms with Crippen molar-refractivity contribution in [2.24, 2.45) is 11.7 Å². The van der Waals surface area contributed by atoms with Gasteiger partial charge in [-0.05, 0) is 72.9 Å². The second-order valence-corrected chi connectivity index (χ2v) is 9.25. The van der Waals surface area contributed by atoms with Gasteiger partial charge in [0.05, 0.1) is 21.8 Å². The number of allylic oxidation sites excluding steroid dienone is 1. The standard InChI is InChI=1S/C29H26ClN3O2/c1-2-3-20-12-21(14-25(30)29(20)35)19-8-11-26-23(13-19)27(24(16-32-26)28(34)18-6-7-18)33-22-9-4-17(15-31)5-10-22/h2-5,8-14,16,18,35H,6-7,15,31H2,1H3,(H,32,33). The normalized spacial score (nSPS) is 13.5. The number of aromatic nitrogens is 1. The molecule has 176 valence electrons. The number of benzene rings is 3. The molecule has 5 rings (SSSR count). The van der Waals surface area contributed by atoms with E-state index in [1.165, 1.54) is 0 Å². The zero-order valence-electron chi connectivity index (χ0n) is 19.4. The van der Waals surface area contributed by atoms with Crippen molar-refractivity contribution in [1.29, 1.82) is 0 Å². The van der Waals surface area contributed by atoms with Crippen LogP contribution in [-0.4, -0.2) is 15.9 Å². The predicted octanol–water partition coefficient (Wildman–Crippen LogP) is 7.09. The number of carbonyl (C=O) groups excluding carboxylic acids is 1. The molecule has 35 heavy (non-hydrogen) atoms. The quantitative estimate of drug-likeness (QED) is 0.244. The molecule has 1 aliphatic carbocycles. The Kier molecular flexibility index (Phi) is 6.29. The Morgan fingerprint density at radius 3 is 2.60 bits per heavy atom. The maximum absolute atomic E-state index is 13.2. The predicted molar refractivity (Wildman–Crippen MR) is 143 cm³/mol. The number of rotatable bonds is 7. The van der Waals surface area contributed by atoms with Crippen LogP contribution in [0.15, 0.2) is 66.9 Å². The Bertz CT molecular complexity index is 1460. The molecule has 1 heterocycles. The van der Waals surface area contributed by atoms with Crippen LogP contribution in [-0.2, 0) is 6.54 Å². The number of phenols is 1. The highest BCUT2D eigenvalue weighted by Gasteiger charge is 2.32. The number of carbonyl (C=O) groups is 1. The van der Waals surface area contributed by atoms with E-state index in [-0.39, 0.29) is 22.5 Å². The fourth-order valence-corrected chi connectivity index (χ4v) is 4.45. The lowest BCUT2D eigenvalue weighted by Gasteiger charge is -2.16. The zero-order chi connectivity index (χ0) is 24.5. The third-order valence-corrected chi connectivity index (χ3v) is 6.60. The lowest BCUT2D eigenvalue weighted by atomic mass is 9.97. The smallest absolute Gasteiger partial charge is 0.169 e. The summed E-state index contributed by atoms with van der Waals surface area (Å²) >= 11 is 6.33. The van der Waals surface area contributed by atoms with Gasteiger partial charge in [-0.15, -0.1) is 0 Å². The summed E-state index contributed by atoms with van der Waals surface area (Å²) in [4.78, 5) is 17.8. The number of fused-ring (bicyclic) bond motifs is 1. The van der Waals surface area contributed by atoms with Crippen LogP contribution in [0.1, 0.15) is 41.3 Å². The molecule has 1 aromatic heterocycles. The summed E-state index contributed by atoms with van der Waals surface area (Å²) < 4.78 is 0. The van der Waals surface area contributed by atoms with E-state index >= 15 is 0 Å². The summed E-state index contributed by atoms with van der Waals surface area (Å²) in [6.07, 6.45) is 7.19. The van der Waals surface area contributed by atoms with Crippen LogP contribution >= 0.6 is 11.6 Å². The highest BCUT2D eigenvalue weighted by atomic mass is 35.5. The van der Waals surface area contributed by atoms with Gasteiger partial charge in [-0.1, -0.05) is 42.0 Å². The number of nitrogens with two attached hydrogens (primary N) is 1. The van der Waals surface area contributed by atoms with E-state index in [1.54, 1.807) is 12.3 Å². The van der Waals surface area contributed by atoms with E-state index in [0.717, 1.165) is 51.8 Å². The van der Waals surface area contributed by atoms with Crippen molar-refractivity contribution in [2.45, 2.75) is 26.3 Å². The zero-order valence-corrected chi connectivity index (χ0v) is 20.1. The second kappa shape index (κ2) is 9.53. The van der Waals surface area contributed by atoms with Gasteiger partial charge in [0.25, 0.3) is 0 Å². The van der Waals surface area contributed by atoms with Crippen LogP contribution in [0.5, 0.6) is 5.75 Å². The minimum Gasteiger partial charge on any atom is -0.506 e. The highest BCUT2D eigenvalue weighted by Crippen LogP contribution is 2.40. The van der Waals surface area contributed by atoms with E-state index in [4.69, 9.17) is 17.3 Å². The number of phenolic OH excluding ortho intramolecular Hbond substituents is 1. The number of hydrogen-bond donors (Lipinski definition) is 3. The van der Waals surface area contributed by atoms with Crippen molar-refractivity contribution >= 4 is 45.7 Å². The van der Waals surface area contributed by atoms with Gasteiger partial charge >= 0.3 is 0 Å². The Balaban J connectivity index is 1.67. The van der Waals surface area contributed by atoms with Gasteiger partial charge in [-0.25, -0.2) is 0 Å². The molecular formula is C29H26ClN3O2. The third kappa shape index (κ3) is 4.65. The monoisotopic (exact) mass is 483 g/mol. The number of nitrogens with one attached hydrogen (secondary N) is 1. The SMILES string of the molecule is CC=Cc1cc(-c2ccc3ncc(C(=O)C4CC4)c(Nc4ccc(CN)cc4)c3c2)cc(Cl)c1O. The molecule has 0 spiro atoms. The fraction of sp³-hybridized carbons (Fsp3) is 0.172. The van der Waals surface area contributed by atoms with Gasteiger partial charge in [-0.2, -0.15) is 0 Å². The molecule has 3 aromatic carbocycles. The molecule has 0 unspecified atom stereocenters. The average Bonchev–Trinajstić information content (AvgIpc) is 3.72. The molecule has 1 saturated carbocycles. The molecule has 0 atom stereocenters. The first-order valence-corrected chi connectivity index (χ1v) is 12.0. The summed E-state index contributed by atoms with van der Waals surface area (Å²) in [6.45, 7) is 2.36. The van der Waals surface area contributed by atoms with Crippen molar-refractivity contribution in [3.63, 3.8) is 0 Å². The highest BCUT2D eigenvalue weighted by molar-refractivity contribution is 6.32. The van der Waals surface area contributed by atoms with Gasteiger partial charge in [0, 0.05) is 35.3 Å². The molecule has 5 nitrogen and oxygen atoms in total. The second-order valence-electron chi connectivity index (χ2n) is 8.84. The molecule has 6 heteroatoms. The van der Waals surface area contributed by atoms with Crippen LogP contribution < -0.4 is 11.1 Å². The molecule has 4 aromatic rings. The molecule has 0 aliphatic heterocycles. The third-order valence-electron chi connectivity index (χ3n) is 6.31. The topological polar surface area (TPSA) is 88.2 Å². The maximum Gasteiger partial charge on any atom is 0.169 e. The van der Waals surface area contributed by atoms with Crippen LogP contribution in [0, 0.1) is 5.92 Å². The number of Topliss-reactive ketones (excluding diaryl/α,β-unsaturated/α-hetero) is 1. The number of ketones is 1. The summed E-state index contributed by atoms with van der Waals surface area (Å²) in [6, 6.07) is 17.4. The van der Waals surface area contributed by atoms with Gasteiger partial charge in [0.2, 0.25) is 0 Å². The molecule has 0 saturated heterocycles. The van der Waals surface area contributed by atoms with E-state index in [1.807, 2.05) is 67.6 Å². The first-order chi connectivity index (χ1) is 17.0. The largest absolute Gasteiger partial charge is 0.506 e. The van der Waals surface area contributed by atoms with Crippen LogP contribution in [0.2, 0.25) is 5.02 Å². The molecule has 0 bridgehead atoms. The number of hydrogen-bond acceptors (Lipinski definition) is 5. The Morgan fingerprint density at radius 2 is 1.91 bits per heavy atom. The van der Waals surface area contributed by atoms with Gasteiger partial charge in [-0.3, -0.25) is 9.78 Å². The number of anilines is 2. The summed E-state index contributed by atoms with van der Waals surface area (Å²) in [7, 11) is 0. The van der Waals surface area contributed by atoms with E-state index in [9.17, 15) is 9.90 Å².